The minimum absolute atomic E-state index is 0.0295. The molecule has 4 bridgehead atoms. The first-order valence-corrected chi connectivity index (χ1v) is 13.4. The van der Waals surface area contributed by atoms with Crippen molar-refractivity contribution in [1.82, 2.24) is 10.6 Å². The first kappa shape index (κ1) is 23.3. The van der Waals surface area contributed by atoms with Crippen molar-refractivity contribution in [3.63, 3.8) is 0 Å². The summed E-state index contributed by atoms with van der Waals surface area (Å²) in [5, 5.41) is 6.46. The van der Waals surface area contributed by atoms with Crippen LogP contribution in [-0.2, 0) is 11.2 Å². The van der Waals surface area contributed by atoms with Gasteiger partial charge in [-0.05, 0) is 86.5 Å². The van der Waals surface area contributed by atoms with Gasteiger partial charge in [0, 0.05) is 17.0 Å². The van der Waals surface area contributed by atoms with Gasteiger partial charge in [-0.15, -0.1) is 11.8 Å². The van der Waals surface area contributed by atoms with E-state index >= 15 is 0 Å². The number of carbonyl (C=O) groups is 2. The number of para-hydroxylation sites is 1. The molecule has 0 radical (unpaired) electrons. The third-order valence-corrected chi connectivity index (χ3v) is 8.88. The fraction of sp³-hybridized carbons (Fsp3) is 0.500. The first-order valence-electron chi connectivity index (χ1n) is 12.5. The van der Waals surface area contributed by atoms with Crippen molar-refractivity contribution in [3.8, 4) is 5.75 Å². The Morgan fingerprint density at radius 3 is 2.32 bits per heavy atom. The largest absolute Gasteiger partial charge is 0.496 e. The molecule has 0 atom stereocenters. The Bertz CT molecular complexity index is 1020. The number of rotatable bonds is 9. The molecule has 0 aliphatic heterocycles. The Kier molecular flexibility index (Phi) is 6.87. The van der Waals surface area contributed by atoms with Gasteiger partial charge in [0.2, 0.25) is 5.91 Å². The highest BCUT2D eigenvalue weighted by Gasteiger charge is 2.51. The second-order valence-corrected chi connectivity index (χ2v) is 11.4. The molecule has 2 N–H and O–H groups in total. The molecule has 2 aromatic carbocycles. The van der Waals surface area contributed by atoms with Crippen molar-refractivity contribution in [1.29, 1.82) is 0 Å². The highest BCUT2D eigenvalue weighted by molar-refractivity contribution is 8.00. The average Bonchev–Trinajstić information content (AvgIpc) is 2.82. The maximum Gasteiger partial charge on any atom is 0.252 e. The van der Waals surface area contributed by atoms with Crippen molar-refractivity contribution in [2.75, 3.05) is 19.4 Å². The van der Waals surface area contributed by atoms with Gasteiger partial charge in [0.15, 0.2) is 0 Å². The van der Waals surface area contributed by atoms with Gasteiger partial charge in [-0.25, -0.2) is 0 Å². The Balaban J connectivity index is 1.15. The SMILES string of the molecule is COc1ccccc1CCNC(=O)c1ccccc1SCC(=O)NC12CC3CC(CC(C3)C1)C2. The molecule has 0 unspecified atom stereocenters. The number of thioether (sulfide) groups is 1. The van der Waals surface area contributed by atoms with Gasteiger partial charge in [-0.2, -0.15) is 0 Å². The van der Waals surface area contributed by atoms with Crippen LogP contribution >= 0.6 is 11.8 Å². The quantitative estimate of drug-likeness (QED) is 0.506. The summed E-state index contributed by atoms with van der Waals surface area (Å²) in [5.41, 5.74) is 1.71. The number of nitrogens with one attached hydrogen (secondary N) is 2. The molecule has 4 saturated carbocycles. The molecule has 0 saturated heterocycles. The van der Waals surface area contributed by atoms with Crippen molar-refractivity contribution in [2.24, 2.45) is 17.8 Å². The summed E-state index contributed by atoms with van der Waals surface area (Å²) in [6, 6.07) is 15.4. The predicted molar refractivity (Wildman–Crippen MR) is 135 cm³/mol. The van der Waals surface area contributed by atoms with Crippen LogP contribution in [0.1, 0.15) is 54.4 Å². The van der Waals surface area contributed by atoms with Crippen LogP contribution in [0, 0.1) is 17.8 Å². The van der Waals surface area contributed by atoms with Crippen molar-refractivity contribution in [2.45, 2.75) is 55.4 Å². The number of amides is 2. The van der Waals surface area contributed by atoms with Crippen LogP contribution in [0.25, 0.3) is 0 Å². The van der Waals surface area contributed by atoms with E-state index < -0.39 is 0 Å². The van der Waals surface area contributed by atoms with Crippen LogP contribution in [0.5, 0.6) is 5.75 Å². The minimum atomic E-state index is -0.112. The molecule has 180 valence electrons. The van der Waals surface area contributed by atoms with Crippen LogP contribution in [0.15, 0.2) is 53.4 Å². The van der Waals surface area contributed by atoms with Gasteiger partial charge < -0.3 is 15.4 Å². The summed E-state index contributed by atoms with van der Waals surface area (Å²) >= 11 is 1.46. The maximum atomic E-state index is 12.9. The second kappa shape index (κ2) is 10.0. The maximum absolute atomic E-state index is 12.9. The van der Waals surface area contributed by atoms with Crippen molar-refractivity contribution in [3.05, 3.63) is 59.7 Å². The fourth-order valence-electron chi connectivity index (χ4n) is 6.83. The molecule has 34 heavy (non-hydrogen) atoms. The second-order valence-electron chi connectivity index (χ2n) is 10.3. The minimum Gasteiger partial charge on any atom is -0.496 e. The molecule has 5 nitrogen and oxygen atoms in total. The summed E-state index contributed by atoms with van der Waals surface area (Å²) in [6.07, 6.45) is 8.25. The standard InChI is InChI=1S/C28H34N2O3S/c1-33-24-8-4-2-6-22(24)10-11-29-27(32)23-7-3-5-9-25(23)34-18-26(31)30-28-15-19-12-20(16-28)14-21(13-19)17-28/h2-9,19-21H,10-18H2,1H3,(H,29,32)(H,30,31). The molecule has 6 heteroatoms. The number of benzene rings is 2. The third-order valence-electron chi connectivity index (χ3n) is 7.81. The van der Waals surface area contributed by atoms with E-state index in [0.29, 0.717) is 24.3 Å². The predicted octanol–water partition coefficient (Wildman–Crippen LogP) is 4.84. The van der Waals surface area contributed by atoms with Crippen LogP contribution < -0.4 is 15.4 Å². The summed E-state index contributed by atoms with van der Waals surface area (Å²) < 4.78 is 5.39. The zero-order valence-electron chi connectivity index (χ0n) is 19.8. The lowest BCUT2D eigenvalue weighted by Crippen LogP contribution is -2.60. The lowest BCUT2D eigenvalue weighted by molar-refractivity contribution is -0.124. The summed E-state index contributed by atoms with van der Waals surface area (Å²) in [5.74, 6) is 3.57. The number of carbonyl (C=O) groups excluding carboxylic acids is 2. The summed E-state index contributed by atoms with van der Waals surface area (Å²) in [4.78, 5) is 26.7. The molecule has 2 amide bonds. The van der Waals surface area contributed by atoms with Crippen molar-refractivity contribution < 1.29 is 14.3 Å². The number of hydrogen-bond acceptors (Lipinski definition) is 4. The van der Waals surface area contributed by atoms with E-state index in [9.17, 15) is 9.59 Å². The van der Waals surface area contributed by atoms with Gasteiger partial charge in [-0.3, -0.25) is 9.59 Å². The molecular formula is C28H34N2O3S. The Morgan fingerprint density at radius 2 is 1.62 bits per heavy atom. The Hall–Kier alpha value is -2.47. The molecule has 4 aliphatic carbocycles. The molecule has 2 aromatic rings. The Labute approximate surface area is 206 Å². The number of methoxy groups -OCH3 is 1. The first-order chi connectivity index (χ1) is 16.5. The van der Waals surface area contributed by atoms with E-state index in [-0.39, 0.29) is 17.4 Å². The van der Waals surface area contributed by atoms with Gasteiger partial charge in [-0.1, -0.05) is 30.3 Å². The van der Waals surface area contributed by atoms with Gasteiger partial charge >= 0.3 is 0 Å². The topological polar surface area (TPSA) is 67.4 Å². The normalized spacial score (nSPS) is 26.8. The highest BCUT2D eigenvalue weighted by atomic mass is 32.2. The molecule has 0 aromatic heterocycles. The van der Waals surface area contributed by atoms with Crippen molar-refractivity contribution >= 4 is 23.6 Å². The van der Waals surface area contributed by atoms with Crippen LogP contribution in [0.3, 0.4) is 0 Å². The highest BCUT2D eigenvalue weighted by Crippen LogP contribution is 2.55. The zero-order chi connectivity index (χ0) is 23.5. The molecular weight excluding hydrogens is 444 g/mol. The van der Waals surface area contributed by atoms with Crippen LogP contribution in [0.2, 0.25) is 0 Å². The molecule has 6 rings (SSSR count). The molecule has 0 heterocycles. The average molecular weight is 479 g/mol. The van der Waals surface area contributed by atoms with Crippen LogP contribution in [0.4, 0.5) is 0 Å². The summed E-state index contributed by atoms with van der Waals surface area (Å²) in [7, 11) is 1.66. The summed E-state index contributed by atoms with van der Waals surface area (Å²) in [6.45, 7) is 0.519. The van der Waals surface area contributed by atoms with E-state index in [2.05, 4.69) is 10.6 Å². The molecule has 4 fully saturated rings. The smallest absolute Gasteiger partial charge is 0.252 e. The lowest BCUT2D eigenvalue weighted by Gasteiger charge is -2.56. The number of ether oxygens (including phenoxy) is 1. The fourth-order valence-corrected chi connectivity index (χ4v) is 7.68. The Morgan fingerprint density at radius 1 is 0.971 bits per heavy atom. The van der Waals surface area contributed by atoms with E-state index in [1.54, 1.807) is 7.11 Å². The monoisotopic (exact) mass is 478 g/mol. The molecule has 0 spiro atoms. The van der Waals surface area contributed by atoms with E-state index in [4.69, 9.17) is 4.74 Å². The van der Waals surface area contributed by atoms with Gasteiger partial charge in [0.05, 0.1) is 18.4 Å². The van der Waals surface area contributed by atoms with Crippen LogP contribution in [-0.4, -0.2) is 36.8 Å². The van der Waals surface area contributed by atoms with Gasteiger partial charge in [0.1, 0.15) is 5.75 Å². The van der Waals surface area contributed by atoms with E-state index in [1.165, 1.54) is 31.0 Å². The lowest BCUT2D eigenvalue weighted by atomic mass is 9.53. The van der Waals surface area contributed by atoms with E-state index in [1.807, 2.05) is 48.5 Å². The zero-order valence-corrected chi connectivity index (χ0v) is 20.7. The van der Waals surface area contributed by atoms with E-state index in [0.717, 1.165) is 53.2 Å². The third kappa shape index (κ3) is 5.12. The molecule has 4 aliphatic rings. The number of hydrogen-bond donors (Lipinski definition) is 2. The van der Waals surface area contributed by atoms with Gasteiger partial charge in [0.25, 0.3) is 5.91 Å².